The van der Waals surface area contributed by atoms with Gasteiger partial charge in [0.1, 0.15) is 18.5 Å². The van der Waals surface area contributed by atoms with Crippen LogP contribution < -0.4 is 4.74 Å². The van der Waals surface area contributed by atoms with Crippen LogP contribution in [0.15, 0.2) is 24.3 Å². The molecular formula is C24H42O3. The van der Waals surface area contributed by atoms with Crippen LogP contribution in [0.25, 0.3) is 0 Å². The van der Waals surface area contributed by atoms with E-state index in [1.54, 1.807) is 0 Å². The van der Waals surface area contributed by atoms with Crippen molar-refractivity contribution in [3.8, 4) is 5.75 Å². The SMILES string of the molecule is CCCCCCCCCCCCCCCc1ccc(OCC(O)CO)cc1. The van der Waals surface area contributed by atoms with E-state index in [-0.39, 0.29) is 13.2 Å². The van der Waals surface area contributed by atoms with Gasteiger partial charge in [-0.2, -0.15) is 0 Å². The van der Waals surface area contributed by atoms with Gasteiger partial charge in [0, 0.05) is 0 Å². The van der Waals surface area contributed by atoms with Gasteiger partial charge < -0.3 is 14.9 Å². The van der Waals surface area contributed by atoms with E-state index in [1.807, 2.05) is 12.1 Å². The molecule has 0 amide bonds. The van der Waals surface area contributed by atoms with E-state index in [1.165, 1.54) is 89.0 Å². The molecule has 0 saturated heterocycles. The van der Waals surface area contributed by atoms with Crippen LogP contribution in [0.2, 0.25) is 0 Å². The number of rotatable bonds is 18. The average molecular weight is 379 g/mol. The first-order valence-electron chi connectivity index (χ1n) is 11.3. The summed E-state index contributed by atoms with van der Waals surface area (Å²) in [6.45, 7) is 2.14. The molecule has 0 aliphatic carbocycles. The third-order valence-corrected chi connectivity index (χ3v) is 5.15. The van der Waals surface area contributed by atoms with Gasteiger partial charge >= 0.3 is 0 Å². The minimum absolute atomic E-state index is 0.134. The maximum Gasteiger partial charge on any atom is 0.119 e. The van der Waals surface area contributed by atoms with Crippen LogP contribution in [0.3, 0.4) is 0 Å². The summed E-state index contributed by atoms with van der Waals surface area (Å²) in [4.78, 5) is 0. The van der Waals surface area contributed by atoms with E-state index >= 15 is 0 Å². The van der Waals surface area contributed by atoms with Gasteiger partial charge in [-0.25, -0.2) is 0 Å². The summed E-state index contributed by atoms with van der Waals surface area (Å²) in [6.07, 6.45) is 18.4. The molecule has 2 N–H and O–H groups in total. The van der Waals surface area contributed by atoms with E-state index < -0.39 is 6.10 Å². The van der Waals surface area contributed by atoms with Crippen molar-refractivity contribution in [2.45, 2.75) is 103 Å². The molecule has 1 unspecified atom stereocenters. The van der Waals surface area contributed by atoms with E-state index in [4.69, 9.17) is 9.84 Å². The number of hydrogen-bond acceptors (Lipinski definition) is 3. The normalized spacial score (nSPS) is 12.3. The zero-order valence-corrected chi connectivity index (χ0v) is 17.5. The Hall–Kier alpha value is -1.06. The van der Waals surface area contributed by atoms with Crippen molar-refractivity contribution >= 4 is 0 Å². The average Bonchev–Trinajstić information content (AvgIpc) is 2.70. The van der Waals surface area contributed by atoms with Gasteiger partial charge in [-0.3, -0.25) is 0 Å². The van der Waals surface area contributed by atoms with E-state index in [2.05, 4.69) is 19.1 Å². The van der Waals surface area contributed by atoms with Crippen LogP contribution in [-0.4, -0.2) is 29.5 Å². The second-order valence-electron chi connectivity index (χ2n) is 7.78. The van der Waals surface area contributed by atoms with E-state index in [0.29, 0.717) is 0 Å². The Morgan fingerprint density at radius 1 is 0.741 bits per heavy atom. The van der Waals surface area contributed by atoms with Crippen molar-refractivity contribution in [1.29, 1.82) is 0 Å². The van der Waals surface area contributed by atoms with Crippen molar-refractivity contribution < 1.29 is 14.9 Å². The summed E-state index contributed by atoms with van der Waals surface area (Å²) < 4.78 is 5.43. The summed E-state index contributed by atoms with van der Waals surface area (Å²) in [6, 6.07) is 8.09. The molecule has 0 saturated carbocycles. The lowest BCUT2D eigenvalue weighted by Gasteiger charge is -2.10. The predicted molar refractivity (Wildman–Crippen MR) is 114 cm³/mol. The molecule has 1 rings (SSSR count). The molecule has 0 aromatic heterocycles. The first kappa shape index (κ1) is 24.0. The molecular weight excluding hydrogens is 336 g/mol. The number of aryl methyl sites for hydroxylation is 1. The summed E-state index contributed by atoms with van der Waals surface area (Å²) in [5, 5.41) is 18.1. The second kappa shape index (κ2) is 17.1. The molecule has 27 heavy (non-hydrogen) atoms. The molecule has 1 atom stereocenters. The van der Waals surface area contributed by atoms with E-state index in [0.717, 1.165) is 12.2 Å². The summed E-state index contributed by atoms with van der Waals surface area (Å²) in [5.41, 5.74) is 1.34. The Kier molecular flexibility index (Phi) is 15.2. The lowest BCUT2D eigenvalue weighted by atomic mass is 10.0. The molecule has 0 fully saturated rings. The Bertz CT molecular complexity index is 430. The Morgan fingerprint density at radius 2 is 1.22 bits per heavy atom. The zero-order valence-electron chi connectivity index (χ0n) is 17.5. The van der Waals surface area contributed by atoms with Gasteiger partial charge in [-0.05, 0) is 30.5 Å². The number of aliphatic hydroxyl groups is 2. The first-order chi connectivity index (χ1) is 13.3. The number of hydrogen-bond donors (Lipinski definition) is 2. The third kappa shape index (κ3) is 13.7. The summed E-state index contributed by atoms with van der Waals surface area (Å²) >= 11 is 0. The molecule has 3 heteroatoms. The van der Waals surface area contributed by atoms with Crippen LogP contribution in [0, 0.1) is 0 Å². The molecule has 1 aromatic rings. The number of unbranched alkanes of at least 4 members (excludes halogenated alkanes) is 12. The maximum absolute atomic E-state index is 9.29. The van der Waals surface area contributed by atoms with Gasteiger partial charge in [-0.1, -0.05) is 96.1 Å². The molecule has 0 radical (unpaired) electrons. The highest BCUT2D eigenvalue weighted by Gasteiger charge is 2.03. The Morgan fingerprint density at radius 3 is 1.70 bits per heavy atom. The smallest absolute Gasteiger partial charge is 0.119 e. The molecule has 0 aliphatic heterocycles. The molecule has 1 aromatic carbocycles. The molecule has 3 nitrogen and oxygen atoms in total. The van der Waals surface area contributed by atoms with Crippen molar-refractivity contribution in [2.24, 2.45) is 0 Å². The quantitative estimate of drug-likeness (QED) is 0.306. The third-order valence-electron chi connectivity index (χ3n) is 5.15. The van der Waals surface area contributed by atoms with Crippen molar-refractivity contribution in [3.05, 3.63) is 29.8 Å². The Labute approximate surface area is 167 Å². The summed E-state index contributed by atoms with van der Waals surface area (Å²) in [7, 11) is 0. The lowest BCUT2D eigenvalue weighted by molar-refractivity contribution is 0.0536. The van der Waals surface area contributed by atoms with Gasteiger partial charge in [0.25, 0.3) is 0 Å². The second-order valence-corrected chi connectivity index (χ2v) is 7.78. The number of benzene rings is 1. The minimum atomic E-state index is -0.810. The Balaban J connectivity index is 1.92. The van der Waals surface area contributed by atoms with Crippen LogP contribution in [0.4, 0.5) is 0 Å². The van der Waals surface area contributed by atoms with Crippen LogP contribution in [0.1, 0.15) is 96.0 Å². The van der Waals surface area contributed by atoms with Gasteiger partial charge in [-0.15, -0.1) is 0 Å². The van der Waals surface area contributed by atoms with Gasteiger partial charge in [0.15, 0.2) is 0 Å². The summed E-state index contributed by atoms with van der Waals surface area (Å²) in [5.74, 6) is 0.747. The molecule has 0 bridgehead atoms. The van der Waals surface area contributed by atoms with Crippen molar-refractivity contribution in [3.63, 3.8) is 0 Å². The highest BCUT2D eigenvalue weighted by Crippen LogP contribution is 2.16. The molecule has 156 valence electrons. The monoisotopic (exact) mass is 378 g/mol. The number of ether oxygens (including phenoxy) is 1. The molecule has 0 spiro atoms. The largest absolute Gasteiger partial charge is 0.491 e. The fourth-order valence-corrected chi connectivity index (χ4v) is 3.34. The number of aliphatic hydroxyl groups excluding tert-OH is 2. The minimum Gasteiger partial charge on any atom is -0.491 e. The van der Waals surface area contributed by atoms with Crippen molar-refractivity contribution in [2.75, 3.05) is 13.2 Å². The first-order valence-corrected chi connectivity index (χ1v) is 11.3. The van der Waals surface area contributed by atoms with E-state index in [9.17, 15) is 5.11 Å². The molecule has 0 aliphatic rings. The lowest BCUT2D eigenvalue weighted by Crippen LogP contribution is -2.21. The highest BCUT2D eigenvalue weighted by molar-refractivity contribution is 5.27. The van der Waals surface area contributed by atoms with Crippen LogP contribution in [-0.2, 0) is 6.42 Å². The van der Waals surface area contributed by atoms with Gasteiger partial charge in [0.05, 0.1) is 6.61 Å². The molecule has 0 heterocycles. The highest BCUT2D eigenvalue weighted by atomic mass is 16.5. The standard InChI is InChI=1S/C24H42O3/c1-2-3-4-5-6-7-8-9-10-11-12-13-14-15-22-16-18-24(19-17-22)27-21-23(26)20-25/h16-19,23,25-26H,2-15,20-21H2,1H3. The zero-order chi connectivity index (χ0) is 19.6. The fraction of sp³-hybridized carbons (Fsp3) is 0.750. The maximum atomic E-state index is 9.29. The topological polar surface area (TPSA) is 49.7 Å². The van der Waals surface area contributed by atoms with Crippen LogP contribution >= 0.6 is 0 Å². The van der Waals surface area contributed by atoms with Gasteiger partial charge in [0.2, 0.25) is 0 Å². The fourth-order valence-electron chi connectivity index (χ4n) is 3.34. The van der Waals surface area contributed by atoms with Crippen molar-refractivity contribution in [1.82, 2.24) is 0 Å². The van der Waals surface area contributed by atoms with Crippen LogP contribution in [0.5, 0.6) is 5.75 Å². The predicted octanol–water partition coefficient (Wildman–Crippen LogP) is 6.05.